The molecule has 1 spiro atoms. The van der Waals surface area contributed by atoms with Crippen LogP contribution in [0.1, 0.15) is 37.8 Å². The molecule has 1 aromatic heterocycles. The molecule has 174 valence electrons. The molecule has 0 unspecified atom stereocenters. The quantitative estimate of drug-likeness (QED) is 0.604. The van der Waals surface area contributed by atoms with E-state index < -0.39 is 0 Å². The van der Waals surface area contributed by atoms with E-state index in [4.69, 9.17) is 4.74 Å². The van der Waals surface area contributed by atoms with Gasteiger partial charge in [0, 0.05) is 42.1 Å². The largest absolute Gasteiger partial charge is 0.489 e. The number of hydrogen-bond acceptors (Lipinski definition) is 4. The molecule has 5 rings (SSSR count). The Morgan fingerprint density at radius 1 is 0.970 bits per heavy atom. The van der Waals surface area contributed by atoms with Crippen LogP contribution in [0.25, 0.3) is 5.69 Å². The Labute approximate surface area is 197 Å². The molecule has 0 radical (unpaired) electrons. The Kier molecular flexibility index (Phi) is 7.19. The Balaban J connectivity index is 0.00000126. The average molecular weight is 446 g/mol. The number of ether oxygens (including phenoxy) is 1. The van der Waals surface area contributed by atoms with Crippen LogP contribution in [0.5, 0.6) is 5.75 Å². The van der Waals surface area contributed by atoms with Crippen molar-refractivity contribution in [2.75, 3.05) is 31.1 Å². The molecule has 2 aliphatic heterocycles. The van der Waals surface area contributed by atoms with Crippen molar-refractivity contribution in [1.82, 2.24) is 9.88 Å². The Hall–Kier alpha value is -3.05. The number of aryl methyl sites for hydroxylation is 1. The number of benzene rings is 2. The second kappa shape index (κ2) is 10.3. The van der Waals surface area contributed by atoms with Crippen molar-refractivity contribution in [2.24, 2.45) is 5.41 Å². The third-order valence-corrected chi connectivity index (χ3v) is 6.66. The molecule has 3 aromatic rings. The van der Waals surface area contributed by atoms with E-state index >= 15 is 0 Å². The van der Waals surface area contributed by atoms with E-state index in [9.17, 15) is 4.79 Å². The van der Waals surface area contributed by atoms with Gasteiger partial charge in [-0.3, -0.25) is 9.36 Å². The van der Waals surface area contributed by atoms with Crippen molar-refractivity contribution >= 4 is 5.69 Å². The van der Waals surface area contributed by atoms with Crippen molar-refractivity contribution in [3.63, 3.8) is 0 Å². The summed E-state index contributed by atoms with van der Waals surface area (Å²) in [6.45, 7) is 11.1. The fourth-order valence-corrected chi connectivity index (χ4v) is 4.86. The number of pyridine rings is 1. The second-order valence-corrected chi connectivity index (χ2v) is 8.92. The summed E-state index contributed by atoms with van der Waals surface area (Å²) in [5.41, 5.74) is 4.87. The van der Waals surface area contributed by atoms with Crippen molar-refractivity contribution in [3.05, 3.63) is 88.3 Å². The topological polar surface area (TPSA) is 46.5 Å². The number of nitrogens with one attached hydrogen (secondary N) is 1. The second-order valence-electron chi connectivity index (χ2n) is 8.92. The highest BCUT2D eigenvalue weighted by molar-refractivity contribution is 5.59. The molecule has 5 heteroatoms. The Morgan fingerprint density at radius 2 is 1.70 bits per heavy atom. The first-order valence-electron chi connectivity index (χ1n) is 12.1. The van der Waals surface area contributed by atoms with Crippen molar-refractivity contribution < 1.29 is 4.74 Å². The van der Waals surface area contributed by atoms with E-state index in [1.54, 1.807) is 16.8 Å². The minimum atomic E-state index is -0.0877. The summed E-state index contributed by atoms with van der Waals surface area (Å²) in [5.74, 6) is 0.589. The molecule has 2 fully saturated rings. The van der Waals surface area contributed by atoms with Crippen LogP contribution >= 0.6 is 0 Å². The zero-order valence-corrected chi connectivity index (χ0v) is 20.0. The lowest BCUT2D eigenvalue weighted by Gasteiger charge is -2.54. The predicted molar refractivity (Wildman–Crippen MR) is 136 cm³/mol. The van der Waals surface area contributed by atoms with Gasteiger partial charge >= 0.3 is 0 Å². The summed E-state index contributed by atoms with van der Waals surface area (Å²) in [6, 6.07) is 19.7. The monoisotopic (exact) mass is 445 g/mol. The molecule has 0 saturated carbocycles. The van der Waals surface area contributed by atoms with Gasteiger partial charge in [0.25, 0.3) is 5.56 Å². The zero-order valence-electron chi connectivity index (χ0n) is 20.0. The van der Waals surface area contributed by atoms with Gasteiger partial charge in [0.05, 0.1) is 0 Å². The number of anilines is 1. The summed E-state index contributed by atoms with van der Waals surface area (Å²) < 4.78 is 7.47. The normalized spacial score (nSPS) is 16.5. The third kappa shape index (κ3) is 5.14. The van der Waals surface area contributed by atoms with E-state index in [-0.39, 0.29) is 5.56 Å². The first-order valence-corrected chi connectivity index (χ1v) is 12.1. The molecule has 0 bridgehead atoms. The van der Waals surface area contributed by atoms with Crippen molar-refractivity contribution in [2.45, 2.75) is 40.2 Å². The highest BCUT2D eigenvalue weighted by Gasteiger charge is 2.43. The highest BCUT2D eigenvalue weighted by Crippen LogP contribution is 2.42. The molecule has 0 amide bonds. The fourth-order valence-electron chi connectivity index (χ4n) is 4.86. The number of piperidine rings is 1. The molecular weight excluding hydrogens is 410 g/mol. The number of nitrogens with zero attached hydrogens (tertiary/aromatic N) is 2. The smallest absolute Gasteiger partial charge is 0.258 e. The first kappa shape index (κ1) is 23.1. The standard InChI is InChI=1S/C26H29N3O2.C2H6/c1-20-15-22(7-8-24(20)28-18-26(19-28)10-12-27-13-11-26)29-14-9-23(16-25(29)30)31-17-21-5-3-2-4-6-21;1-2/h2-9,14-16,27H,10-13,17-19H2,1H3;1-2H3. The minimum absolute atomic E-state index is 0.0877. The van der Waals surface area contributed by atoms with Gasteiger partial charge in [0.2, 0.25) is 0 Å². The molecule has 2 aliphatic rings. The van der Waals surface area contributed by atoms with Crippen LogP contribution in [0.2, 0.25) is 0 Å². The zero-order chi connectivity index (χ0) is 23.3. The van der Waals surface area contributed by atoms with Gasteiger partial charge in [-0.15, -0.1) is 0 Å². The molecule has 33 heavy (non-hydrogen) atoms. The molecule has 5 nitrogen and oxygen atoms in total. The molecule has 0 atom stereocenters. The average Bonchev–Trinajstić information content (AvgIpc) is 2.84. The summed E-state index contributed by atoms with van der Waals surface area (Å²) >= 11 is 0. The van der Waals surface area contributed by atoms with Crippen LogP contribution in [-0.2, 0) is 6.61 Å². The van der Waals surface area contributed by atoms with E-state index in [0.717, 1.165) is 37.4 Å². The van der Waals surface area contributed by atoms with E-state index in [1.807, 2.05) is 56.3 Å². The van der Waals surface area contributed by atoms with Gasteiger partial charge in [-0.05, 0) is 68.2 Å². The maximum atomic E-state index is 12.7. The summed E-state index contributed by atoms with van der Waals surface area (Å²) in [6.07, 6.45) is 4.34. The lowest BCUT2D eigenvalue weighted by atomic mass is 9.72. The molecule has 1 N–H and O–H groups in total. The van der Waals surface area contributed by atoms with Gasteiger partial charge in [-0.1, -0.05) is 44.2 Å². The van der Waals surface area contributed by atoms with E-state index in [1.165, 1.54) is 24.1 Å². The van der Waals surface area contributed by atoms with Crippen LogP contribution in [0.15, 0.2) is 71.7 Å². The Morgan fingerprint density at radius 3 is 2.36 bits per heavy atom. The summed E-state index contributed by atoms with van der Waals surface area (Å²) in [4.78, 5) is 15.2. The highest BCUT2D eigenvalue weighted by atomic mass is 16.5. The summed E-state index contributed by atoms with van der Waals surface area (Å²) in [7, 11) is 0. The number of rotatable bonds is 5. The van der Waals surface area contributed by atoms with E-state index in [2.05, 4.69) is 29.3 Å². The lowest BCUT2D eigenvalue weighted by molar-refractivity contribution is 0.150. The van der Waals surface area contributed by atoms with Crippen LogP contribution in [0.4, 0.5) is 5.69 Å². The van der Waals surface area contributed by atoms with Gasteiger partial charge in [-0.25, -0.2) is 0 Å². The van der Waals surface area contributed by atoms with Crippen LogP contribution in [0.3, 0.4) is 0 Å². The van der Waals surface area contributed by atoms with Gasteiger partial charge in [-0.2, -0.15) is 0 Å². The van der Waals surface area contributed by atoms with E-state index in [0.29, 0.717) is 17.8 Å². The molecule has 2 saturated heterocycles. The van der Waals surface area contributed by atoms with Gasteiger partial charge in [0.1, 0.15) is 12.4 Å². The predicted octanol–water partition coefficient (Wildman–Crippen LogP) is 4.94. The molecule has 2 aromatic carbocycles. The van der Waals surface area contributed by atoms with Crippen molar-refractivity contribution in [3.8, 4) is 11.4 Å². The SMILES string of the molecule is CC.Cc1cc(-n2ccc(OCc3ccccc3)cc2=O)ccc1N1CC2(CCNCC2)C1. The number of hydrogen-bond donors (Lipinski definition) is 1. The van der Waals surface area contributed by atoms with Crippen LogP contribution in [0, 0.1) is 12.3 Å². The maximum Gasteiger partial charge on any atom is 0.258 e. The van der Waals surface area contributed by atoms with Crippen molar-refractivity contribution in [1.29, 1.82) is 0 Å². The van der Waals surface area contributed by atoms with Crippen LogP contribution < -0.4 is 20.5 Å². The number of aromatic nitrogens is 1. The first-order chi connectivity index (χ1) is 16.1. The fraction of sp³-hybridized carbons (Fsp3) is 0.393. The lowest BCUT2D eigenvalue weighted by Crippen LogP contribution is -2.60. The molecule has 0 aliphatic carbocycles. The van der Waals surface area contributed by atoms with Crippen LogP contribution in [-0.4, -0.2) is 30.7 Å². The summed E-state index contributed by atoms with van der Waals surface area (Å²) in [5, 5.41) is 3.47. The third-order valence-electron chi connectivity index (χ3n) is 6.66. The minimum Gasteiger partial charge on any atom is -0.489 e. The Bertz CT molecular complexity index is 1110. The maximum absolute atomic E-state index is 12.7. The molecule has 3 heterocycles. The van der Waals surface area contributed by atoms with Gasteiger partial charge < -0.3 is 15.0 Å². The van der Waals surface area contributed by atoms with Gasteiger partial charge in [0.15, 0.2) is 0 Å². The molecular formula is C28H35N3O2.